The van der Waals surface area contributed by atoms with Crippen LogP contribution in [-0.4, -0.2) is 38.6 Å². The molecule has 0 amide bonds. The molecule has 0 fully saturated rings. The molecule has 3 N–H and O–H groups in total. The zero-order valence-electron chi connectivity index (χ0n) is 13.1. The van der Waals surface area contributed by atoms with Gasteiger partial charge in [0, 0.05) is 25.7 Å². The molecule has 2 rings (SSSR count). The van der Waals surface area contributed by atoms with Crippen LogP contribution in [0.25, 0.3) is 0 Å². The molecule has 5 heteroatoms. The zero-order valence-corrected chi connectivity index (χ0v) is 13.1. The Hall–Kier alpha value is -1.30. The van der Waals surface area contributed by atoms with Gasteiger partial charge in [0.25, 0.3) is 0 Å². The van der Waals surface area contributed by atoms with Crippen molar-refractivity contribution in [1.82, 2.24) is 5.32 Å². The molecule has 0 saturated carbocycles. The summed E-state index contributed by atoms with van der Waals surface area (Å²) in [6.45, 7) is 5.90. The molecular weight excluding hydrogens is 268 g/mol. The summed E-state index contributed by atoms with van der Waals surface area (Å²) in [6.07, 6.45) is 2.08. The highest BCUT2D eigenvalue weighted by atomic mass is 16.7. The highest BCUT2D eigenvalue weighted by Crippen LogP contribution is 2.33. The van der Waals surface area contributed by atoms with Crippen LogP contribution in [0.2, 0.25) is 0 Å². The first kappa shape index (κ1) is 16.1. The highest BCUT2D eigenvalue weighted by Gasteiger charge is 2.23. The van der Waals surface area contributed by atoms with Gasteiger partial charge in [0.2, 0.25) is 6.79 Å². The lowest BCUT2D eigenvalue weighted by Crippen LogP contribution is -2.51. The largest absolute Gasteiger partial charge is 0.454 e. The SMILES string of the molecule is COC(C)CNC(C)(CN)CCc1ccc2c(c1)OCO2. The molecule has 1 aliphatic rings. The van der Waals surface area contributed by atoms with Gasteiger partial charge in [0.1, 0.15) is 0 Å². The normalized spacial score (nSPS) is 17.5. The van der Waals surface area contributed by atoms with Crippen molar-refractivity contribution in [2.45, 2.75) is 38.3 Å². The Bertz CT molecular complexity index is 467. The minimum atomic E-state index is -0.0941. The third-order valence-corrected chi connectivity index (χ3v) is 4.07. The van der Waals surface area contributed by atoms with Crippen molar-refractivity contribution in [3.05, 3.63) is 23.8 Å². The standard InChI is InChI=1S/C16H26N2O3/c1-12(19-3)9-18-16(2,10-17)7-6-13-4-5-14-15(8-13)21-11-20-14/h4-5,8,12,18H,6-7,9-11,17H2,1-3H3. The second-order valence-corrected chi connectivity index (χ2v) is 5.88. The van der Waals surface area contributed by atoms with Crippen LogP contribution < -0.4 is 20.5 Å². The average Bonchev–Trinajstić information content (AvgIpc) is 2.98. The number of nitrogens with one attached hydrogen (secondary N) is 1. The van der Waals surface area contributed by atoms with Gasteiger partial charge >= 0.3 is 0 Å². The van der Waals surface area contributed by atoms with Crippen LogP contribution in [0.3, 0.4) is 0 Å². The van der Waals surface area contributed by atoms with Gasteiger partial charge in [-0.25, -0.2) is 0 Å². The predicted molar refractivity (Wildman–Crippen MR) is 82.8 cm³/mol. The topological polar surface area (TPSA) is 65.7 Å². The van der Waals surface area contributed by atoms with E-state index < -0.39 is 0 Å². The second-order valence-electron chi connectivity index (χ2n) is 5.88. The van der Waals surface area contributed by atoms with E-state index >= 15 is 0 Å². The summed E-state index contributed by atoms with van der Waals surface area (Å²) in [5, 5.41) is 3.51. The Morgan fingerprint density at radius 1 is 1.38 bits per heavy atom. The van der Waals surface area contributed by atoms with Crippen molar-refractivity contribution in [1.29, 1.82) is 0 Å². The van der Waals surface area contributed by atoms with Gasteiger partial charge in [-0.2, -0.15) is 0 Å². The van der Waals surface area contributed by atoms with Crippen LogP contribution in [0, 0.1) is 0 Å². The average molecular weight is 294 g/mol. The van der Waals surface area contributed by atoms with Crippen LogP contribution in [0.5, 0.6) is 11.5 Å². The number of hydrogen-bond acceptors (Lipinski definition) is 5. The van der Waals surface area contributed by atoms with E-state index in [9.17, 15) is 0 Å². The van der Waals surface area contributed by atoms with Crippen molar-refractivity contribution in [3.63, 3.8) is 0 Å². The van der Waals surface area contributed by atoms with Gasteiger partial charge in [0.15, 0.2) is 11.5 Å². The Morgan fingerprint density at radius 2 is 2.14 bits per heavy atom. The minimum Gasteiger partial charge on any atom is -0.454 e. The number of nitrogens with two attached hydrogens (primary N) is 1. The maximum Gasteiger partial charge on any atom is 0.231 e. The first-order valence-corrected chi connectivity index (χ1v) is 7.43. The maximum absolute atomic E-state index is 5.94. The molecule has 0 spiro atoms. The van der Waals surface area contributed by atoms with E-state index in [4.69, 9.17) is 19.9 Å². The summed E-state index contributed by atoms with van der Waals surface area (Å²) in [7, 11) is 1.72. The van der Waals surface area contributed by atoms with Gasteiger partial charge < -0.3 is 25.3 Å². The smallest absolute Gasteiger partial charge is 0.231 e. The van der Waals surface area contributed by atoms with Gasteiger partial charge in [-0.1, -0.05) is 6.07 Å². The molecule has 0 bridgehead atoms. The molecule has 5 nitrogen and oxygen atoms in total. The minimum absolute atomic E-state index is 0.0941. The number of methoxy groups -OCH3 is 1. The summed E-state index contributed by atoms with van der Waals surface area (Å²) in [6, 6.07) is 6.11. The number of benzene rings is 1. The molecular formula is C16H26N2O3. The number of hydrogen-bond donors (Lipinski definition) is 2. The third-order valence-electron chi connectivity index (χ3n) is 4.07. The number of rotatable bonds is 8. The molecule has 0 aliphatic carbocycles. The fourth-order valence-electron chi connectivity index (χ4n) is 2.25. The summed E-state index contributed by atoms with van der Waals surface area (Å²) in [5.74, 6) is 1.66. The fraction of sp³-hybridized carbons (Fsp3) is 0.625. The molecule has 2 unspecified atom stereocenters. The Labute approximate surface area is 126 Å². The highest BCUT2D eigenvalue weighted by molar-refractivity contribution is 5.44. The number of fused-ring (bicyclic) bond motifs is 1. The maximum atomic E-state index is 5.94. The fourth-order valence-corrected chi connectivity index (χ4v) is 2.25. The lowest BCUT2D eigenvalue weighted by molar-refractivity contribution is 0.107. The molecule has 0 aromatic heterocycles. The molecule has 0 saturated heterocycles. The molecule has 1 aliphatic heterocycles. The van der Waals surface area contributed by atoms with E-state index in [0.29, 0.717) is 13.3 Å². The van der Waals surface area contributed by atoms with Crippen LogP contribution in [-0.2, 0) is 11.2 Å². The van der Waals surface area contributed by atoms with Crippen molar-refractivity contribution in [3.8, 4) is 11.5 Å². The molecule has 2 atom stereocenters. The van der Waals surface area contributed by atoms with E-state index in [1.807, 2.05) is 13.0 Å². The molecule has 118 valence electrons. The van der Waals surface area contributed by atoms with Crippen molar-refractivity contribution < 1.29 is 14.2 Å². The molecule has 21 heavy (non-hydrogen) atoms. The van der Waals surface area contributed by atoms with Gasteiger partial charge in [0.05, 0.1) is 6.10 Å². The van der Waals surface area contributed by atoms with E-state index in [1.165, 1.54) is 5.56 Å². The second kappa shape index (κ2) is 7.11. The van der Waals surface area contributed by atoms with E-state index in [2.05, 4.69) is 24.4 Å². The van der Waals surface area contributed by atoms with E-state index in [0.717, 1.165) is 30.9 Å². The van der Waals surface area contributed by atoms with Gasteiger partial charge in [-0.05, 0) is 44.4 Å². The third kappa shape index (κ3) is 4.33. The Balaban J connectivity index is 1.90. The molecule has 0 radical (unpaired) electrons. The first-order valence-electron chi connectivity index (χ1n) is 7.43. The Morgan fingerprint density at radius 3 is 2.86 bits per heavy atom. The molecule has 1 heterocycles. The van der Waals surface area contributed by atoms with E-state index in [1.54, 1.807) is 7.11 Å². The zero-order chi connectivity index (χ0) is 15.3. The lowest BCUT2D eigenvalue weighted by Gasteiger charge is -2.31. The van der Waals surface area contributed by atoms with Crippen molar-refractivity contribution >= 4 is 0 Å². The van der Waals surface area contributed by atoms with Gasteiger partial charge in [-0.3, -0.25) is 0 Å². The number of ether oxygens (including phenoxy) is 3. The number of aryl methyl sites for hydroxylation is 1. The van der Waals surface area contributed by atoms with Crippen LogP contribution in [0.1, 0.15) is 25.8 Å². The first-order chi connectivity index (χ1) is 10.1. The Kier molecular flexibility index (Phi) is 5.45. The van der Waals surface area contributed by atoms with Crippen LogP contribution in [0.4, 0.5) is 0 Å². The lowest BCUT2D eigenvalue weighted by atomic mass is 9.93. The quantitative estimate of drug-likeness (QED) is 0.764. The molecule has 1 aromatic rings. The molecule has 1 aromatic carbocycles. The summed E-state index contributed by atoms with van der Waals surface area (Å²) < 4.78 is 16.0. The summed E-state index contributed by atoms with van der Waals surface area (Å²) in [4.78, 5) is 0. The summed E-state index contributed by atoms with van der Waals surface area (Å²) >= 11 is 0. The summed E-state index contributed by atoms with van der Waals surface area (Å²) in [5.41, 5.74) is 7.08. The van der Waals surface area contributed by atoms with Crippen LogP contribution in [0.15, 0.2) is 18.2 Å². The van der Waals surface area contributed by atoms with Crippen molar-refractivity contribution in [2.24, 2.45) is 5.73 Å². The van der Waals surface area contributed by atoms with E-state index in [-0.39, 0.29) is 11.6 Å². The van der Waals surface area contributed by atoms with Crippen molar-refractivity contribution in [2.75, 3.05) is 27.0 Å². The van der Waals surface area contributed by atoms with Crippen LogP contribution >= 0.6 is 0 Å². The monoisotopic (exact) mass is 294 g/mol. The van der Waals surface area contributed by atoms with Gasteiger partial charge in [-0.15, -0.1) is 0 Å². The predicted octanol–water partition coefficient (Wildman–Crippen LogP) is 1.69.